The first-order valence-electron chi connectivity index (χ1n) is 7.99. The van der Waals surface area contributed by atoms with Gasteiger partial charge in [-0.15, -0.1) is 0 Å². The third-order valence-electron chi connectivity index (χ3n) is 3.91. The quantitative estimate of drug-likeness (QED) is 0.687. The summed E-state index contributed by atoms with van der Waals surface area (Å²) < 4.78 is 28.0. The standard InChI is InChI=1S/C15H25N3O3S3/c1-22-10-4-14(17-6-2-3-7-17)15(19)16-5-13-24(20,21)18-8-11-23-12-9-18/h2-3,6-7,14H,4-5,8-13H2,1H3,(H,16,19)/t14-/m0/s1. The zero-order chi connectivity index (χ0) is 17.4. The minimum atomic E-state index is -3.28. The summed E-state index contributed by atoms with van der Waals surface area (Å²) in [4.78, 5) is 12.5. The number of nitrogens with zero attached hydrogens (tertiary/aromatic N) is 2. The molecule has 0 bridgehead atoms. The highest BCUT2D eigenvalue weighted by molar-refractivity contribution is 7.99. The number of rotatable bonds is 9. The molecular weight excluding hydrogens is 366 g/mol. The van der Waals surface area contributed by atoms with Crippen LogP contribution >= 0.6 is 23.5 Å². The van der Waals surface area contributed by atoms with Gasteiger partial charge in [0, 0.05) is 43.5 Å². The molecule has 0 saturated carbocycles. The molecule has 0 radical (unpaired) electrons. The van der Waals surface area contributed by atoms with Gasteiger partial charge in [-0.2, -0.15) is 23.5 Å². The number of nitrogens with one attached hydrogen (secondary N) is 1. The van der Waals surface area contributed by atoms with E-state index in [1.807, 2.05) is 35.3 Å². The normalized spacial score (nSPS) is 17.5. The Bertz CT molecular complexity index is 599. The van der Waals surface area contributed by atoms with Crippen molar-refractivity contribution in [3.63, 3.8) is 0 Å². The highest BCUT2D eigenvalue weighted by Gasteiger charge is 2.25. The van der Waals surface area contributed by atoms with Crippen molar-refractivity contribution in [3.05, 3.63) is 24.5 Å². The zero-order valence-corrected chi connectivity index (χ0v) is 16.3. The molecule has 1 amide bonds. The molecule has 1 aromatic heterocycles. The number of thioether (sulfide) groups is 2. The van der Waals surface area contributed by atoms with Gasteiger partial charge < -0.3 is 9.88 Å². The van der Waals surface area contributed by atoms with Crippen molar-refractivity contribution in [2.45, 2.75) is 12.5 Å². The zero-order valence-electron chi connectivity index (χ0n) is 13.9. The number of carbonyl (C=O) groups excluding carboxylic acids is 1. The van der Waals surface area contributed by atoms with Crippen LogP contribution < -0.4 is 5.32 Å². The largest absolute Gasteiger partial charge is 0.353 e. The average molecular weight is 392 g/mol. The lowest BCUT2D eigenvalue weighted by molar-refractivity contribution is -0.124. The second-order valence-corrected chi connectivity index (χ2v) is 9.84. The van der Waals surface area contributed by atoms with E-state index in [4.69, 9.17) is 0 Å². The molecule has 6 nitrogen and oxygen atoms in total. The van der Waals surface area contributed by atoms with Crippen molar-refractivity contribution < 1.29 is 13.2 Å². The van der Waals surface area contributed by atoms with Gasteiger partial charge in [0.05, 0.1) is 5.75 Å². The molecule has 1 aliphatic heterocycles. The Morgan fingerprint density at radius 3 is 2.58 bits per heavy atom. The lowest BCUT2D eigenvalue weighted by atomic mass is 10.2. The summed E-state index contributed by atoms with van der Waals surface area (Å²) in [5, 5.41) is 2.80. The number of amides is 1. The van der Waals surface area contributed by atoms with E-state index in [2.05, 4.69) is 5.32 Å². The molecule has 1 aliphatic rings. The van der Waals surface area contributed by atoms with Crippen LogP contribution in [0.2, 0.25) is 0 Å². The Labute approximate surface area is 152 Å². The molecule has 1 N–H and O–H groups in total. The smallest absolute Gasteiger partial charge is 0.243 e. The second kappa shape index (κ2) is 9.74. The van der Waals surface area contributed by atoms with Gasteiger partial charge in [-0.1, -0.05) is 0 Å². The number of hydrogen-bond acceptors (Lipinski definition) is 5. The van der Waals surface area contributed by atoms with E-state index >= 15 is 0 Å². The number of sulfonamides is 1. The van der Waals surface area contributed by atoms with Crippen LogP contribution in [0.4, 0.5) is 0 Å². The van der Waals surface area contributed by atoms with Gasteiger partial charge in [0.2, 0.25) is 15.9 Å². The summed E-state index contributed by atoms with van der Waals surface area (Å²) in [6, 6.07) is 3.48. The Kier molecular flexibility index (Phi) is 7.99. The minimum Gasteiger partial charge on any atom is -0.353 e. The molecule has 136 valence electrons. The first-order chi connectivity index (χ1) is 11.5. The molecule has 0 unspecified atom stereocenters. The Morgan fingerprint density at radius 1 is 1.29 bits per heavy atom. The molecule has 1 aromatic rings. The molecule has 9 heteroatoms. The lowest BCUT2D eigenvalue weighted by Gasteiger charge is -2.25. The third-order valence-corrected chi connectivity index (χ3v) is 7.37. The van der Waals surface area contributed by atoms with E-state index in [-0.39, 0.29) is 24.2 Å². The van der Waals surface area contributed by atoms with Crippen molar-refractivity contribution in [1.82, 2.24) is 14.2 Å². The van der Waals surface area contributed by atoms with Crippen LogP contribution in [-0.2, 0) is 14.8 Å². The highest BCUT2D eigenvalue weighted by Crippen LogP contribution is 2.16. The molecule has 2 heterocycles. The van der Waals surface area contributed by atoms with Crippen LogP contribution in [0.3, 0.4) is 0 Å². The fourth-order valence-electron chi connectivity index (χ4n) is 2.58. The SMILES string of the molecule is CSCC[C@@H](C(=O)NCCS(=O)(=O)N1CCSCC1)n1cccc1. The van der Waals surface area contributed by atoms with Gasteiger partial charge in [0.25, 0.3) is 0 Å². The number of carbonyl (C=O) groups is 1. The maximum atomic E-state index is 12.5. The summed E-state index contributed by atoms with van der Waals surface area (Å²) >= 11 is 3.47. The second-order valence-electron chi connectivity index (χ2n) is 5.55. The maximum absolute atomic E-state index is 12.5. The van der Waals surface area contributed by atoms with Gasteiger partial charge in [-0.3, -0.25) is 4.79 Å². The van der Waals surface area contributed by atoms with Gasteiger partial charge in [-0.05, 0) is 30.6 Å². The predicted molar refractivity (Wildman–Crippen MR) is 102 cm³/mol. The van der Waals surface area contributed by atoms with Crippen molar-refractivity contribution in [2.24, 2.45) is 0 Å². The van der Waals surface area contributed by atoms with E-state index in [1.165, 1.54) is 4.31 Å². The Hall–Kier alpha value is -0.640. The average Bonchev–Trinajstić information content (AvgIpc) is 3.10. The molecule has 1 saturated heterocycles. The summed E-state index contributed by atoms with van der Waals surface area (Å²) in [5.74, 6) is 2.40. The molecule has 0 spiro atoms. The van der Waals surface area contributed by atoms with Crippen molar-refractivity contribution in [3.8, 4) is 0 Å². The predicted octanol–water partition coefficient (Wildman–Crippen LogP) is 1.28. The Balaban J connectivity index is 1.86. The maximum Gasteiger partial charge on any atom is 0.243 e. The van der Waals surface area contributed by atoms with Gasteiger partial charge in [0.15, 0.2) is 0 Å². The van der Waals surface area contributed by atoms with Gasteiger partial charge in [-0.25, -0.2) is 12.7 Å². The molecular formula is C15H25N3O3S3. The number of hydrogen-bond donors (Lipinski definition) is 1. The molecule has 2 rings (SSSR count). The fourth-order valence-corrected chi connectivity index (χ4v) is 5.53. The fraction of sp³-hybridized carbons (Fsp3) is 0.667. The van der Waals surface area contributed by atoms with Crippen LogP contribution in [-0.4, -0.2) is 72.1 Å². The van der Waals surface area contributed by atoms with Crippen LogP contribution in [0.25, 0.3) is 0 Å². The molecule has 1 atom stereocenters. The summed E-state index contributed by atoms with van der Waals surface area (Å²) in [5.41, 5.74) is 0. The summed E-state index contributed by atoms with van der Waals surface area (Å²) in [7, 11) is -3.28. The van der Waals surface area contributed by atoms with E-state index in [1.54, 1.807) is 23.5 Å². The molecule has 0 aliphatic carbocycles. The van der Waals surface area contributed by atoms with Crippen molar-refractivity contribution in [2.75, 3.05) is 48.9 Å². The van der Waals surface area contributed by atoms with Gasteiger partial charge >= 0.3 is 0 Å². The lowest BCUT2D eigenvalue weighted by Crippen LogP contribution is -2.42. The topological polar surface area (TPSA) is 71.4 Å². The molecule has 24 heavy (non-hydrogen) atoms. The first-order valence-corrected chi connectivity index (χ1v) is 12.1. The van der Waals surface area contributed by atoms with E-state index in [0.29, 0.717) is 13.1 Å². The third kappa shape index (κ3) is 5.72. The van der Waals surface area contributed by atoms with Crippen LogP contribution in [0.1, 0.15) is 12.5 Å². The van der Waals surface area contributed by atoms with E-state index < -0.39 is 10.0 Å². The summed E-state index contributed by atoms with van der Waals surface area (Å²) in [6.07, 6.45) is 6.46. The summed E-state index contributed by atoms with van der Waals surface area (Å²) in [6.45, 7) is 1.29. The van der Waals surface area contributed by atoms with E-state index in [0.717, 1.165) is 23.7 Å². The van der Waals surface area contributed by atoms with Crippen LogP contribution in [0.15, 0.2) is 24.5 Å². The minimum absolute atomic E-state index is 0.0374. The van der Waals surface area contributed by atoms with Gasteiger partial charge in [0.1, 0.15) is 6.04 Å². The van der Waals surface area contributed by atoms with Crippen molar-refractivity contribution >= 4 is 39.5 Å². The van der Waals surface area contributed by atoms with Crippen molar-refractivity contribution in [1.29, 1.82) is 0 Å². The molecule has 1 fully saturated rings. The monoisotopic (exact) mass is 391 g/mol. The number of aromatic nitrogens is 1. The van der Waals surface area contributed by atoms with Crippen LogP contribution in [0.5, 0.6) is 0 Å². The van der Waals surface area contributed by atoms with E-state index in [9.17, 15) is 13.2 Å². The van der Waals surface area contributed by atoms with Crippen LogP contribution in [0, 0.1) is 0 Å². The highest BCUT2D eigenvalue weighted by atomic mass is 32.2. The first kappa shape index (κ1) is 19.7. The Morgan fingerprint density at radius 2 is 1.96 bits per heavy atom. The molecule has 0 aromatic carbocycles.